The summed E-state index contributed by atoms with van der Waals surface area (Å²) in [6.07, 6.45) is 0.934. The van der Waals surface area contributed by atoms with Gasteiger partial charge in [-0.25, -0.2) is 4.98 Å². The fourth-order valence-corrected chi connectivity index (χ4v) is 2.54. The number of rotatable bonds is 5. The quantitative estimate of drug-likeness (QED) is 0.768. The van der Waals surface area contributed by atoms with Crippen molar-refractivity contribution in [2.75, 3.05) is 14.2 Å². The SMILES string of the molecule is CCn1c(CPOC)cc2nc(OC)ccc21. The van der Waals surface area contributed by atoms with E-state index >= 15 is 0 Å². The summed E-state index contributed by atoms with van der Waals surface area (Å²) in [5.74, 6) is 0.659. The van der Waals surface area contributed by atoms with Crippen LogP contribution in [0.25, 0.3) is 11.0 Å². The van der Waals surface area contributed by atoms with Gasteiger partial charge >= 0.3 is 0 Å². The smallest absolute Gasteiger partial charge is 0.213 e. The highest BCUT2D eigenvalue weighted by molar-refractivity contribution is 7.31. The Morgan fingerprint density at radius 3 is 2.82 bits per heavy atom. The molecule has 0 bridgehead atoms. The zero-order chi connectivity index (χ0) is 12.3. The van der Waals surface area contributed by atoms with Crippen molar-refractivity contribution in [1.29, 1.82) is 0 Å². The molecule has 1 atom stereocenters. The Balaban J connectivity index is 2.46. The molecule has 0 aromatic carbocycles. The molecule has 5 heteroatoms. The van der Waals surface area contributed by atoms with E-state index in [9.17, 15) is 0 Å². The van der Waals surface area contributed by atoms with E-state index in [2.05, 4.69) is 28.6 Å². The van der Waals surface area contributed by atoms with Crippen LogP contribution in [0.5, 0.6) is 5.88 Å². The monoisotopic (exact) mass is 252 g/mol. The fourth-order valence-electron chi connectivity index (χ4n) is 1.95. The van der Waals surface area contributed by atoms with Crippen molar-refractivity contribution in [1.82, 2.24) is 9.55 Å². The minimum absolute atomic E-state index is 0.494. The second kappa shape index (κ2) is 5.48. The molecule has 0 spiro atoms. The third-order valence-corrected chi connectivity index (χ3v) is 3.54. The van der Waals surface area contributed by atoms with Crippen LogP contribution in [0.4, 0.5) is 0 Å². The summed E-state index contributed by atoms with van der Waals surface area (Å²) in [4.78, 5) is 4.45. The van der Waals surface area contributed by atoms with Crippen molar-refractivity contribution >= 4 is 19.8 Å². The number of hydrogen-bond donors (Lipinski definition) is 0. The number of fused-ring (bicyclic) bond motifs is 1. The number of nitrogens with zero attached hydrogens (tertiary/aromatic N) is 2. The highest BCUT2D eigenvalue weighted by atomic mass is 31.1. The molecule has 0 radical (unpaired) electrons. The predicted molar refractivity (Wildman–Crippen MR) is 71.0 cm³/mol. The molecule has 4 nitrogen and oxygen atoms in total. The Labute approximate surface area is 103 Å². The van der Waals surface area contributed by atoms with Crippen molar-refractivity contribution in [3.8, 4) is 5.88 Å². The van der Waals surface area contributed by atoms with E-state index in [1.807, 2.05) is 6.07 Å². The molecule has 2 aromatic rings. The molecule has 92 valence electrons. The van der Waals surface area contributed by atoms with E-state index in [4.69, 9.17) is 9.26 Å². The van der Waals surface area contributed by atoms with Gasteiger partial charge in [0.15, 0.2) is 0 Å². The van der Waals surface area contributed by atoms with Crippen LogP contribution < -0.4 is 4.74 Å². The number of aryl methyl sites for hydroxylation is 1. The Kier molecular flexibility index (Phi) is 3.97. The van der Waals surface area contributed by atoms with Crippen LogP contribution in [0.1, 0.15) is 12.6 Å². The first-order valence-electron chi connectivity index (χ1n) is 5.59. The minimum Gasteiger partial charge on any atom is -0.481 e. The summed E-state index contributed by atoms with van der Waals surface area (Å²) in [5.41, 5.74) is 3.41. The molecule has 0 aliphatic carbocycles. The van der Waals surface area contributed by atoms with Crippen molar-refractivity contribution in [2.45, 2.75) is 19.6 Å². The molecule has 0 fully saturated rings. The van der Waals surface area contributed by atoms with Gasteiger partial charge in [0.05, 0.1) is 18.1 Å². The maximum Gasteiger partial charge on any atom is 0.213 e. The first-order valence-corrected chi connectivity index (χ1v) is 6.70. The van der Waals surface area contributed by atoms with Gasteiger partial charge in [0, 0.05) is 40.4 Å². The van der Waals surface area contributed by atoms with E-state index in [0.29, 0.717) is 14.7 Å². The normalized spacial score (nSPS) is 11.7. The lowest BCUT2D eigenvalue weighted by molar-refractivity contribution is 0.399. The second-order valence-electron chi connectivity index (χ2n) is 3.66. The predicted octanol–water partition coefficient (Wildman–Crippen LogP) is 2.80. The summed E-state index contributed by atoms with van der Waals surface area (Å²) in [6, 6.07) is 6.08. The van der Waals surface area contributed by atoms with Crippen molar-refractivity contribution in [3.63, 3.8) is 0 Å². The van der Waals surface area contributed by atoms with Gasteiger partial charge in [-0.15, -0.1) is 0 Å². The van der Waals surface area contributed by atoms with Crippen molar-refractivity contribution in [2.24, 2.45) is 0 Å². The van der Waals surface area contributed by atoms with Gasteiger partial charge in [0.2, 0.25) is 5.88 Å². The molecule has 17 heavy (non-hydrogen) atoms. The molecule has 2 rings (SSSR count). The van der Waals surface area contributed by atoms with Gasteiger partial charge in [-0.1, -0.05) is 0 Å². The average molecular weight is 252 g/mol. The van der Waals surface area contributed by atoms with Crippen LogP contribution in [0.3, 0.4) is 0 Å². The molecule has 0 aliphatic heterocycles. The molecule has 1 unspecified atom stereocenters. The number of ether oxygens (including phenoxy) is 1. The zero-order valence-electron chi connectivity index (χ0n) is 10.4. The summed E-state index contributed by atoms with van der Waals surface area (Å²) >= 11 is 0. The van der Waals surface area contributed by atoms with Gasteiger partial charge in [-0.05, 0) is 19.1 Å². The number of pyridine rings is 1. The van der Waals surface area contributed by atoms with Gasteiger partial charge in [-0.2, -0.15) is 0 Å². The lowest BCUT2D eigenvalue weighted by Gasteiger charge is -2.07. The molecule has 2 heterocycles. The largest absolute Gasteiger partial charge is 0.481 e. The standard InChI is InChI=1S/C12H17N2O2P/c1-4-14-9(8-17-16-3)7-10-11(14)5-6-12(13-10)15-2/h5-7,17H,4,8H2,1-3H3. The van der Waals surface area contributed by atoms with Gasteiger partial charge in [0.1, 0.15) is 0 Å². The Morgan fingerprint density at radius 2 is 2.18 bits per heavy atom. The van der Waals surface area contributed by atoms with Crippen LogP contribution >= 0.6 is 8.81 Å². The lowest BCUT2D eigenvalue weighted by Crippen LogP contribution is -1.98. The van der Waals surface area contributed by atoms with Crippen LogP contribution in [-0.4, -0.2) is 23.8 Å². The third kappa shape index (κ3) is 2.43. The topological polar surface area (TPSA) is 36.3 Å². The lowest BCUT2D eigenvalue weighted by atomic mass is 10.4. The summed E-state index contributed by atoms with van der Waals surface area (Å²) in [7, 11) is 3.87. The molecule has 0 N–H and O–H groups in total. The van der Waals surface area contributed by atoms with E-state index in [1.54, 1.807) is 14.2 Å². The second-order valence-corrected chi connectivity index (χ2v) is 4.71. The van der Waals surface area contributed by atoms with Gasteiger partial charge in [-0.3, -0.25) is 0 Å². The number of methoxy groups -OCH3 is 1. The Bertz CT molecular complexity index is 510. The van der Waals surface area contributed by atoms with Crippen molar-refractivity contribution < 1.29 is 9.26 Å². The van der Waals surface area contributed by atoms with E-state index in [0.717, 1.165) is 23.7 Å². The molecular weight excluding hydrogens is 235 g/mol. The molecule has 0 amide bonds. The van der Waals surface area contributed by atoms with Crippen LogP contribution in [0, 0.1) is 0 Å². The summed E-state index contributed by atoms with van der Waals surface area (Å²) in [6.45, 7) is 3.09. The third-order valence-electron chi connectivity index (χ3n) is 2.74. The number of hydrogen-bond acceptors (Lipinski definition) is 3. The molecular formula is C12H17N2O2P. The van der Waals surface area contributed by atoms with Crippen molar-refractivity contribution in [3.05, 3.63) is 23.9 Å². The summed E-state index contributed by atoms with van der Waals surface area (Å²) in [5, 5.41) is 0. The maximum absolute atomic E-state index is 5.16. The maximum atomic E-state index is 5.16. The Morgan fingerprint density at radius 1 is 1.35 bits per heavy atom. The fraction of sp³-hybridized carbons (Fsp3) is 0.417. The van der Waals surface area contributed by atoms with Crippen LogP contribution in [0.15, 0.2) is 18.2 Å². The van der Waals surface area contributed by atoms with Crippen LogP contribution in [-0.2, 0) is 17.2 Å². The van der Waals surface area contributed by atoms with E-state index in [-0.39, 0.29) is 0 Å². The average Bonchev–Trinajstić information content (AvgIpc) is 2.72. The first-order chi connectivity index (χ1) is 8.30. The highest BCUT2D eigenvalue weighted by Crippen LogP contribution is 2.26. The van der Waals surface area contributed by atoms with Crippen LogP contribution in [0.2, 0.25) is 0 Å². The van der Waals surface area contributed by atoms with Gasteiger partial charge in [0.25, 0.3) is 0 Å². The first kappa shape index (κ1) is 12.3. The molecule has 0 saturated heterocycles. The Hall–Kier alpha value is -1.12. The zero-order valence-corrected chi connectivity index (χ0v) is 11.4. The molecule has 0 aliphatic rings. The summed E-state index contributed by atoms with van der Waals surface area (Å²) < 4.78 is 12.6. The highest BCUT2D eigenvalue weighted by Gasteiger charge is 2.09. The minimum atomic E-state index is 0.494. The molecule has 2 aromatic heterocycles. The van der Waals surface area contributed by atoms with E-state index in [1.165, 1.54) is 5.69 Å². The van der Waals surface area contributed by atoms with E-state index < -0.39 is 0 Å². The van der Waals surface area contributed by atoms with Gasteiger partial charge < -0.3 is 13.8 Å². The molecule has 0 saturated carbocycles. The number of aromatic nitrogens is 2.